The van der Waals surface area contributed by atoms with Crippen molar-refractivity contribution in [1.29, 1.82) is 0 Å². The highest BCUT2D eigenvalue weighted by Crippen LogP contribution is 2.44. The molecule has 2 N–H and O–H groups in total. The molecule has 4 nitrogen and oxygen atoms in total. The zero-order valence-corrected chi connectivity index (χ0v) is 13.2. The number of nitrogens with two attached hydrogens (primary N) is 1. The van der Waals surface area contributed by atoms with Crippen LogP contribution < -0.4 is 10.5 Å². The van der Waals surface area contributed by atoms with Crippen LogP contribution in [0.25, 0.3) is 11.0 Å². The number of nitrogen functional groups attached to an aromatic ring is 1. The molecule has 0 bridgehead atoms. The van der Waals surface area contributed by atoms with E-state index in [9.17, 15) is 0 Å². The van der Waals surface area contributed by atoms with Gasteiger partial charge in [0.15, 0.2) is 0 Å². The Morgan fingerprint density at radius 3 is 2.81 bits per heavy atom. The number of anilines is 1. The monoisotopic (exact) mass is 287 g/mol. The van der Waals surface area contributed by atoms with Crippen molar-refractivity contribution >= 4 is 17.0 Å². The maximum absolute atomic E-state index is 6.24. The van der Waals surface area contributed by atoms with Crippen LogP contribution in [-0.2, 0) is 0 Å². The molecule has 4 heteroatoms. The van der Waals surface area contributed by atoms with Gasteiger partial charge in [-0.05, 0) is 43.7 Å². The van der Waals surface area contributed by atoms with E-state index >= 15 is 0 Å². The van der Waals surface area contributed by atoms with E-state index in [0.29, 0.717) is 24.5 Å². The summed E-state index contributed by atoms with van der Waals surface area (Å²) >= 11 is 0. The first-order chi connectivity index (χ1) is 10.2. The minimum atomic E-state index is 0.455. The smallest absolute Gasteiger partial charge is 0.201 e. The molecule has 0 radical (unpaired) electrons. The van der Waals surface area contributed by atoms with Crippen LogP contribution in [0.1, 0.15) is 46.1 Å². The highest BCUT2D eigenvalue weighted by Gasteiger charge is 2.34. The van der Waals surface area contributed by atoms with Crippen LogP contribution in [0, 0.1) is 11.8 Å². The summed E-state index contributed by atoms with van der Waals surface area (Å²) < 4.78 is 7.92. The van der Waals surface area contributed by atoms with Gasteiger partial charge in [-0.15, -0.1) is 0 Å². The minimum absolute atomic E-state index is 0.455. The van der Waals surface area contributed by atoms with E-state index in [1.807, 2.05) is 19.1 Å². The minimum Gasteiger partial charge on any atom is -0.492 e. The van der Waals surface area contributed by atoms with Crippen molar-refractivity contribution in [3.63, 3.8) is 0 Å². The first-order valence-corrected chi connectivity index (χ1v) is 8.06. The summed E-state index contributed by atoms with van der Waals surface area (Å²) in [6.07, 6.45) is 3.72. The highest BCUT2D eigenvalue weighted by molar-refractivity contribution is 5.84. The Bertz CT molecular complexity index is 634. The van der Waals surface area contributed by atoms with Crippen LogP contribution in [0.5, 0.6) is 5.75 Å². The average molecular weight is 287 g/mol. The molecule has 1 heterocycles. The number of para-hydroxylation sites is 1. The van der Waals surface area contributed by atoms with Gasteiger partial charge in [0.2, 0.25) is 5.95 Å². The molecule has 1 aliphatic rings. The summed E-state index contributed by atoms with van der Waals surface area (Å²) in [7, 11) is 0. The Morgan fingerprint density at radius 2 is 2.14 bits per heavy atom. The van der Waals surface area contributed by atoms with Gasteiger partial charge in [0, 0.05) is 6.04 Å². The molecule has 1 aromatic heterocycles. The number of imidazole rings is 1. The maximum atomic E-state index is 6.24. The zero-order chi connectivity index (χ0) is 15.0. The number of nitrogens with zero attached hydrogens (tertiary/aromatic N) is 2. The molecule has 21 heavy (non-hydrogen) atoms. The van der Waals surface area contributed by atoms with Crippen molar-refractivity contribution in [1.82, 2.24) is 9.55 Å². The van der Waals surface area contributed by atoms with Gasteiger partial charge >= 0.3 is 0 Å². The van der Waals surface area contributed by atoms with Crippen LogP contribution in [0.15, 0.2) is 18.2 Å². The van der Waals surface area contributed by atoms with Crippen molar-refractivity contribution in [3.8, 4) is 5.75 Å². The van der Waals surface area contributed by atoms with E-state index in [1.165, 1.54) is 19.3 Å². The summed E-state index contributed by atoms with van der Waals surface area (Å²) in [5.74, 6) is 2.89. The number of fused-ring (bicyclic) bond motifs is 1. The molecule has 1 saturated carbocycles. The number of hydrogen-bond acceptors (Lipinski definition) is 3. The molecular weight excluding hydrogens is 262 g/mol. The third-order valence-corrected chi connectivity index (χ3v) is 5.05. The normalized spacial score (nSPS) is 25.6. The van der Waals surface area contributed by atoms with Gasteiger partial charge in [-0.25, -0.2) is 4.98 Å². The molecule has 3 unspecified atom stereocenters. The molecule has 0 spiro atoms. The van der Waals surface area contributed by atoms with Crippen LogP contribution in [0.4, 0.5) is 5.95 Å². The molecule has 0 aliphatic heterocycles. The van der Waals surface area contributed by atoms with E-state index in [1.54, 1.807) is 0 Å². The second-order valence-corrected chi connectivity index (χ2v) is 6.07. The molecule has 3 atom stereocenters. The van der Waals surface area contributed by atoms with E-state index in [0.717, 1.165) is 22.7 Å². The van der Waals surface area contributed by atoms with Gasteiger partial charge in [-0.3, -0.25) is 0 Å². The van der Waals surface area contributed by atoms with E-state index in [2.05, 4.69) is 29.5 Å². The SMILES string of the molecule is CCOc1cccc2c1nc(N)n2C1CCC(CC)C1C. The lowest BCUT2D eigenvalue weighted by atomic mass is 9.93. The topological polar surface area (TPSA) is 53.1 Å². The van der Waals surface area contributed by atoms with Crippen LogP contribution in [-0.4, -0.2) is 16.2 Å². The third kappa shape index (κ3) is 2.27. The molecule has 2 aromatic rings. The molecule has 114 valence electrons. The van der Waals surface area contributed by atoms with Crippen molar-refractivity contribution in [2.24, 2.45) is 11.8 Å². The van der Waals surface area contributed by atoms with Gasteiger partial charge in [0.25, 0.3) is 0 Å². The van der Waals surface area contributed by atoms with E-state index in [-0.39, 0.29) is 0 Å². The standard InChI is InChI=1S/C17H25N3O/c1-4-12-9-10-13(11(12)3)20-14-7-6-8-15(21-5-2)16(14)19-17(20)18/h6-8,11-13H,4-5,9-10H2,1-3H3,(H2,18,19). The average Bonchev–Trinajstić information content (AvgIpc) is 2.99. The number of aromatic nitrogens is 2. The van der Waals surface area contributed by atoms with Crippen molar-refractivity contribution < 1.29 is 4.74 Å². The number of hydrogen-bond donors (Lipinski definition) is 1. The van der Waals surface area contributed by atoms with Gasteiger partial charge in [-0.1, -0.05) is 26.3 Å². The fourth-order valence-electron chi connectivity index (χ4n) is 3.89. The Balaban J connectivity index is 2.07. The van der Waals surface area contributed by atoms with Crippen molar-refractivity contribution in [3.05, 3.63) is 18.2 Å². The lowest BCUT2D eigenvalue weighted by Gasteiger charge is -2.22. The van der Waals surface area contributed by atoms with Gasteiger partial charge in [-0.2, -0.15) is 0 Å². The fourth-order valence-corrected chi connectivity index (χ4v) is 3.89. The lowest BCUT2D eigenvalue weighted by molar-refractivity contribution is 0.336. The summed E-state index contributed by atoms with van der Waals surface area (Å²) in [6, 6.07) is 6.56. The molecule has 3 rings (SSSR count). The summed E-state index contributed by atoms with van der Waals surface area (Å²) in [5, 5.41) is 0. The van der Waals surface area contributed by atoms with Crippen LogP contribution >= 0.6 is 0 Å². The summed E-state index contributed by atoms with van der Waals surface area (Å²) in [5.41, 5.74) is 8.24. The number of rotatable bonds is 4. The second-order valence-electron chi connectivity index (χ2n) is 6.07. The molecule has 1 fully saturated rings. The first kappa shape index (κ1) is 14.2. The molecule has 1 aliphatic carbocycles. The van der Waals surface area contributed by atoms with Gasteiger partial charge in [0.05, 0.1) is 12.1 Å². The Morgan fingerprint density at radius 1 is 1.33 bits per heavy atom. The fraction of sp³-hybridized carbons (Fsp3) is 0.588. The van der Waals surface area contributed by atoms with Crippen molar-refractivity contribution in [2.75, 3.05) is 12.3 Å². The molecular formula is C17H25N3O. The lowest BCUT2D eigenvalue weighted by Crippen LogP contribution is -2.17. The Hall–Kier alpha value is -1.71. The van der Waals surface area contributed by atoms with Crippen molar-refractivity contribution in [2.45, 2.75) is 46.1 Å². The largest absolute Gasteiger partial charge is 0.492 e. The van der Waals surface area contributed by atoms with Gasteiger partial charge in [0.1, 0.15) is 11.3 Å². The summed E-state index contributed by atoms with van der Waals surface area (Å²) in [4.78, 5) is 4.58. The molecule has 0 amide bonds. The second kappa shape index (κ2) is 5.58. The van der Waals surface area contributed by atoms with Crippen LogP contribution in [0.2, 0.25) is 0 Å². The third-order valence-electron chi connectivity index (χ3n) is 5.05. The first-order valence-electron chi connectivity index (χ1n) is 8.06. The molecule has 0 saturated heterocycles. The zero-order valence-electron chi connectivity index (χ0n) is 13.2. The van der Waals surface area contributed by atoms with Gasteiger partial charge < -0.3 is 15.0 Å². The maximum Gasteiger partial charge on any atom is 0.201 e. The predicted octanol–water partition coefficient (Wildman–Crippen LogP) is 4.01. The number of benzene rings is 1. The molecule has 1 aromatic carbocycles. The highest BCUT2D eigenvalue weighted by atomic mass is 16.5. The van der Waals surface area contributed by atoms with Crippen LogP contribution in [0.3, 0.4) is 0 Å². The Labute approximate surface area is 126 Å². The van der Waals surface area contributed by atoms with E-state index in [4.69, 9.17) is 10.5 Å². The number of ether oxygens (including phenoxy) is 1. The predicted molar refractivity (Wildman–Crippen MR) is 86.5 cm³/mol. The van der Waals surface area contributed by atoms with E-state index < -0.39 is 0 Å². The summed E-state index contributed by atoms with van der Waals surface area (Å²) in [6.45, 7) is 7.27. The quantitative estimate of drug-likeness (QED) is 0.924. The Kier molecular flexibility index (Phi) is 3.79.